The summed E-state index contributed by atoms with van der Waals surface area (Å²) >= 11 is 0. The van der Waals surface area contributed by atoms with Crippen LogP contribution in [0.2, 0.25) is 0 Å². The molecule has 0 aliphatic rings. The van der Waals surface area contributed by atoms with Crippen molar-refractivity contribution in [2.45, 2.75) is 122 Å². The largest absolute Gasteiger partial charge is 0.508 e. The highest BCUT2D eigenvalue weighted by molar-refractivity contribution is 5.81. The van der Waals surface area contributed by atoms with Gasteiger partial charge in [0.25, 0.3) is 0 Å². The summed E-state index contributed by atoms with van der Waals surface area (Å²) in [5.74, 6) is -0.0351. The number of ether oxygens (including phenoxy) is 2. The first-order valence-corrected chi connectivity index (χ1v) is 13.5. The molecular weight excluding hydrogens is 464 g/mol. The number of benzene rings is 1. The lowest BCUT2D eigenvalue weighted by molar-refractivity contribution is -0.193. The molecule has 1 aromatic rings. The number of esters is 2. The number of aromatic hydroxyl groups is 1. The summed E-state index contributed by atoms with van der Waals surface area (Å²) in [4.78, 5) is 27.9. The third kappa shape index (κ3) is 6.34. The van der Waals surface area contributed by atoms with Gasteiger partial charge < -0.3 is 14.6 Å². The first-order valence-electron chi connectivity index (χ1n) is 13.5. The molecular formula is C32H54O5. The van der Waals surface area contributed by atoms with Gasteiger partial charge in [0.2, 0.25) is 0 Å². The molecule has 0 spiro atoms. The molecule has 0 aliphatic carbocycles. The SMILES string of the molecule is CCC(C)(CC(C)(C)C(C)(C(=O)OC(C)(C)C)C(C)(C)C)C(C)(C(=O)Oc1ccc(O)cc1)C(C)(C)C. The Hall–Kier alpha value is -2.04. The summed E-state index contributed by atoms with van der Waals surface area (Å²) in [6, 6.07) is 6.22. The van der Waals surface area contributed by atoms with Crippen molar-refractivity contribution in [3.63, 3.8) is 0 Å². The van der Waals surface area contributed by atoms with E-state index < -0.39 is 38.1 Å². The molecule has 1 N–H and O–H groups in total. The van der Waals surface area contributed by atoms with E-state index in [2.05, 4.69) is 69.2 Å². The normalized spacial score (nSPS) is 18.2. The molecule has 0 amide bonds. The van der Waals surface area contributed by atoms with E-state index in [0.717, 1.165) is 0 Å². The molecule has 5 heteroatoms. The van der Waals surface area contributed by atoms with Crippen LogP contribution >= 0.6 is 0 Å². The lowest BCUT2D eigenvalue weighted by Gasteiger charge is -2.58. The lowest BCUT2D eigenvalue weighted by Crippen LogP contribution is -2.59. The van der Waals surface area contributed by atoms with Crippen LogP contribution in [0.3, 0.4) is 0 Å². The second-order valence-corrected chi connectivity index (χ2v) is 15.1. The Labute approximate surface area is 226 Å². The number of carbonyl (C=O) groups excluding carboxylic acids is 2. The second-order valence-electron chi connectivity index (χ2n) is 15.1. The number of carbonyl (C=O) groups is 2. The summed E-state index contributed by atoms with van der Waals surface area (Å²) in [7, 11) is 0. The Morgan fingerprint density at radius 2 is 1.14 bits per heavy atom. The summed E-state index contributed by atoms with van der Waals surface area (Å²) in [5, 5.41) is 9.65. The molecule has 1 aromatic carbocycles. The maximum Gasteiger partial charge on any atom is 0.318 e. The van der Waals surface area contributed by atoms with Crippen LogP contribution in [0.4, 0.5) is 0 Å². The number of hydrogen-bond donors (Lipinski definition) is 1. The fourth-order valence-corrected chi connectivity index (χ4v) is 5.97. The first kappa shape index (κ1) is 33.0. The topological polar surface area (TPSA) is 72.8 Å². The summed E-state index contributed by atoms with van der Waals surface area (Å²) < 4.78 is 11.9. The number of hydrogen-bond acceptors (Lipinski definition) is 5. The monoisotopic (exact) mass is 518 g/mol. The zero-order valence-electron chi connectivity index (χ0n) is 26.3. The van der Waals surface area contributed by atoms with Gasteiger partial charge in [-0.2, -0.15) is 0 Å². The van der Waals surface area contributed by atoms with Gasteiger partial charge in [-0.25, -0.2) is 0 Å². The van der Waals surface area contributed by atoms with Gasteiger partial charge in [0.15, 0.2) is 0 Å². The minimum atomic E-state index is -0.906. The van der Waals surface area contributed by atoms with Crippen molar-refractivity contribution >= 4 is 11.9 Å². The zero-order valence-corrected chi connectivity index (χ0v) is 26.3. The van der Waals surface area contributed by atoms with Crippen LogP contribution in [-0.4, -0.2) is 22.6 Å². The molecule has 0 fully saturated rings. The maximum absolute atomic E-state index is 14.0. The van der Waals surface area contributed by atoms with E-state index in [4.69, 9.17) is 9.47 Å². The van der Waals surface area contributed by atoms with Crippen LogP contribution in [0.5, 0.6) is 11.5 Å². The van der Waals surface area contributed by atoms with Crippen molar-refractivity contribution in [2.24, 2.45) is 32.5 Å². The average Bonchev–Trinajstić information content (AvgIpc) is 2.70. The molecule has 0 radical (unpaired) electrons. The fraction of sp³-hybridized carbons (Fsp3) is 0.750. The van der Waals surface area contributed by atoms with Crippen LogP contribution in [0.25, 0.3) is 0 Å². The van der Waals surface area contributed by atoms with E-state index >= 15 is 0 Å². The number of phenols is 1. The Bertz CT molecular complexity index is 955. The third-order valence-electron chi connectivity index (χ3n) is 9.44. The summed E-state index contributed by atoms with van der Waals surface area (Å²) in [6.45, 7) is 30.7. The zero-order chi connectivity index (χ0) is 29.5. The second kappa shape index (κ2) is 10.3. The smallest absolute Gasteiger partial charge is 0.318 e. The van der Waals surface area contributed by atoms with E-state index in [1.165, 1.54) is 12.1 Å². The summed E-state index contributed by atoms with van der Waals surface area (Å²) in [5.41, 5.74) is -4.29. The van der Waals surface area contributed by atoms with E-state index in [9.17, 15) is 14.7 Å². The minimum Gasteiger partial charge on any atom is -0.508 e. The highest BCUT2D eigenvalue weighted by Gasteiger charge is 2.63. The molecule has 0 bridgehead atoms. The Kier molecular flexibility index (Phi) is 9.15. The van der Waals surface area contributed by atoms with Gasteiger partial charge >= 0.3 is 11.9 Å². The van der Waals surface area contributed by atoms with Gasteiger partial charge in [-0.1, -0.05) is 69.2 Å². The third-order valence-corrected chi connectivity index (χ3v) is 9.44. The van der Waals surface area contributed by atoms with Crippen molar-refractivity contribution in [1.82, 2.24) is 0 Å². The van der Waals surface area contributed by atoms with Crippen molar-refractivity contribution in [3.8, 4) is 11.5 Å². The summed E-state index contributed by atoms with van der Waals surface area (Å²) in [6.07, 6.45) is 1.31. The molecule has 1 rings (SSSR count). The fourth-order valence-electron chi connectivity index (χ4n) is 5.97. The van der Waals surface area contributed by atoms with Crippen LogP contribution in [0, 0.1) is 32.5 Å². The lowest BCUT2D eigenvalue weighted by atomic mass is 9.45. The van der Waals surface area contributed by atoms with E-state index in [-0.39, 0.29) is 17.7 Å². The van der Waals surface area contributed by atoms with Gasteiger partial charge in [-0.15, -0.1) is 0 Å². The molecule has 0 saturated heterocycles. The van der Waals surface area contributed by atoms with Crippen molar-refractivity contribution < 1.29 is 24.2 Å². The van der Waals surface area contributed by atoms with E-state index in [1.54, 1.807) is 12.1 Å². The van der Waals surface area contributed by atoms with Crippen LogP contribution in [-0.2, 0) is 14.3 Å². The predicted octanol–water partition coefficient (Wildman–Crippen LogP) is 8.58. The first-order chi connectivity index (χ1) is 16.3. The van der Waals surface area contributed by atoms with Gasteiger partial charge in [0, 0.05) is 0 Å². The Balaban J connectivity index is 3.69. The van der Waals surface area contributed by atoms with Gasteiger partial charge in [0.05, 0.1) is 10.8 Å². The highest BCUT2D eigenvalue weighted by Crippen LogP contribution is 2.63. The molecule has 0 saturated carbocycles. The maximum atomic E-state index is 14.0. The minimum absolute atomic E-state index is 0.113. The van der Waals surface area contributed by atoms with Crippen molar-refractivity contribution in [2.75, 3.05) is 0 Å². The van der Waals surface area contributed by atoms with E-state index in [1.807, 2.05) is 34.6 Å². The highest BCUT2D eigenvalue weighted by atomic mass is 16.6. The molecule has 0 aromatic heterocycles. The predicted molar refractivity (Wildman–Crippen MR) is 152 cm³/mol. The van der Waals surface area contributed by atoms with Gasteiger partial charge in [-0.05, 0) is 93.4 Å². The van der Waals surface area contributed by atoms with E-state index in [0.29, 0.717) is 18.6 Å². The molecule has 37 heavy (non-hydrogen) atoms. The van der Waals surface area contributed by atoms with Crippen LogP contribution in [0.1, 0.15) is 117 Å². The van der Waals surface area contributed by atoms with Crippen molar-refractivity contribution in [3.05, 3.63) is 24.3 Å². The molecule has 3 unspecified atom stereocenters. The van der Waals surface area contributed by atoms with Crippen molar-refractivity contribution in [1.29, 1.82) is 0 Å². The quantitative estimate of drug-likeness (QED) is 0.275. The van der Waals surface area contributed by atoms with Crippen LogP contribution < -0.4 is 4.74 Å². The molecule has 3 atom stereocenters. The Morgan fingerprint density at radius 1 is 0.703 bits per heavy atom. The molecule has 5 nitrogen and oxygen atoms in total. The standard InChI is InChI=1S/C32H54O5/c1-16-30(13,21-29(11,12)31(14,26(2,3)4)25(35)37-28(8,9)10)32(15,27(5,6)7)24(34)36-23-19-17-22(33)18-20-23/h17-20,33H,16,21H2,1-15H3. The molecule has 212 valence electrons. The van der Waals surface area contributed by atoms with Crippen LogP contribution in [0.15, 0.2) is 24.3 Å². The number of phenolic OH excluding ortho intramolecular Hbond substituents is 1. The molecule has 0 aliphatic heterocycles. The molecule has 0 heterocycles. The Morgan fingerprint density at radius 3 is 1.49 bits per heavy atom. The van der Waals surface area contributed by atoms with Gasteiger partial charge in [0.1, 0.15) is 17.1 Å². The number of rotatable bonds is 8. The average molecular weight is 519 g/mol. The van der Waals surface area contributed by atoms with Gasteiger partial charge in [-0.3, -0.25) is 9.59 Å².